The van der Waals surface area contributed by atoms with Crippen molar-refractivity contribution >= 4 is 27.6 Å². The van der Waals surface area contributed by atoms with Crippen molar-refractivity contribution in [2.75, 3.05) is 5.32 Å². The molecule has 92 valence electrons. The van der Waals surface area contributed by atoms with E-state index in [0.29, 0.717) is 19.0 Å². The second kappa shape index (κ2) is 4.55. The Labute approximate surface area is 112 Å². The van der Waals surface area contributed by atoms with Gasteiger partial charge in [-0.15, -0.1) is 0 Å². The van der Waals surface area contributed by atoms with E-state index in [4.69, 9.17) is 0 Å². The van der Waals surface area contributed by atoms with E-state index >= 15 is 0 Å². The molecule has 0 amide bonds. The Bertz CT molecular complexity index is 636. The minimum atomic E-state index is -0.0791. The molecule has 0 bridgehead atoms. The molecular formula is C12H11BrN4O. The van der Waals surface area contributed by atoms with Gasteiger partial charge in [-0.1, -0.05) is 15.9 Å². The van der Waals surface area contributed by atoms with E-state index in [1.807, 2.05) is 24.3 Å². The highest BCUT2D eigenvalue weighted by molar-refractivity contribution is 9.10. The first-order chi connectivity index (χ1) is 8.72. The first-order valence-corrected chi connectivity index (χ1v) is 6.37. The summed E-state index contributed by atoms with van der Waals surface area (Å²) in [7, 11) is 0. The zero-order chi connectivity index (χ0) is 12.5. The summed E-state index contributed by atoms with van der Waals surface area (Å²) in [6.45, 7) is 1.24. The third-order valence-corrected chi connectivity index (χ3v) is 3.33. The van der Waals surface area contributed by atoms with Crippen LogP contribution in [0.15, 0.2) is 33.5 Å². The van der Waals surface area contributed by atoms with Gasteiger partial charge in [0.05, 0.1) is 11.3 Å². The molecule has 1 aromatic heterocycles. The molecule has 3 N–H and O–H groups in total. The summed E-state index contributed by atoms with van der Waals surface area (Å²) in [5.74, 6) is 0.477. The summed E-state index contributed by atoms with van der Waals surface area (Å²) in [5.41, 5.74) is 2.35. The van der Waals surface area contributed by atoms with Crippen molar-refractivity contribution in [2.45, 2.75) is 13.1 Å². The Morgan fingerprint density at radius 1 is 1.22 bits per heavy atom. The molecular weight excluding hydrogens is 296 g/mol. The lowest BCUT2D eigenvalue weighted by atomic mass is 10.3. The molecule has 0 radical (unpaired) electrons. The molecule has 0 atom stereocenters. The molecule has 2 aromatic rings. The van der Waals surface area contributed by atoms with Gasteiger partial charge in [-0.05, 0) is 24.3 Å². The quantitative estimate of drug-likeness (QED) is 0.792. The van der Waals surface area contributed by atoms with Crippen LogP contribution in [0, 0.1) is 0 Å². The van der Waals surface area contributed by atoms with Gasteiger partial charge in [0.25, 0.3) is 5.56 Å². The van der Waals surface area contributed by atoms with Crippen LogP contribution in [-0.2, 0) is 13.1 Å². The van der Waals surface area contributed by atoms with Gasteiger partial charge in [0.1, 0.15) is 0 Å². The van der Waals surface area contributed by atoms with Crippen molar-refractivity contribution in [1.29, 1.82) is 0 Å². The van der Waals surface area contributed by atoms with Gasteiger partial charge in [0.2, 0.25) is 5.95 Å². The van der Waals surface area contributed by atoms with E-state index in [1.54, 1.807) is 0 Å². The van der Waals surface area contributed by atoms with Crippen molar-refractivity contribution in [1.82, 2.24) is 15.3 Å². The van der Waals surface area contributed by atoms with Crippen LogP contribution in [-0.4, -0.2) is 9.97 Å². The molecule has 1 aromatic carbocycles. The van der Waals surface area contributed by atoms with Crippen LogP contribution in [0.2, 0.25) is 0 Å². The van der Waals surface area contributed by atoms with Crippen LogP contribution in [0.1, 0.15) is 11.3 Å². The van der Waals surface area contributed by atoms with Gasteiger partial charge in [0.15, 0.2) is 0 Å². The molecule has 6 heteroatoms. The number of anilines is 2. The van der Waals surface area contributed by atoms with Crippen molar-refractivity contribution in [3.63, 3.8) is 0 Å². The Kier molecular flexibility index (Phi) is 2.89. The summed E-state index contributed by atoms with van der Waals surface area (Å²) in [5, 5.41) is 6.20. The predicted octanol–water partition coefficient (Wildman–Crippen LogP) is 1.88. The van der Waals surface area contributed by atoms with Gasteiger partial charge in [-0.3, -0.25) is 9.78 Å². The number of hydrogen-bond acceptors (Lipinski definition) is 4. The SMILES string of the molecule is O=c1[nH]c(Nc2ccc(Br)cc2)nc2c1CNC2. The van der Waals surface area contributed by atoms with Crippen molar-refractivity contribution in [3.05, 3.63) is 50.3 Å². The second-order valence-corrected chi connectivity index (χ2v) is 4.99. The Morgan fingerprint density at radius 2 is 2.00 bits per heavy atom. The highest BCUT2D eigenvalue weighted by atomic mass is 79.9. The molecule has 2 heterocycles. The van der Waals surface area contributed by atoms with Gasteiger partial charge >= 0.3 is 0 Å². The number of nitrogens with zero attached hydrogens (tertiary/aromatic N) is 1. The molecule has 0 saturated carbocycles. The number of aromatic amines is 1. The number of benzene rings is 1. The van der Waals surface area contributed by atoms with E-state index in [1.165, 1.54) is 0 Å². The number of halogens is 1. The van der Waals surface area contributed by atoms with Crippen LogP contribution in [0.25, 0.3) is 0 Å². The smallest absolute Gasteiger partial charge is 0.257 e. The molecule has 5 nitrogen and oxygen atoms in total. The number of aromatic nitrogens is 2. The van der Waals surface area contributed by atoms with Gasteiger partial charge in [-0.25, -0.2) is 4.98 Å². The lowest BCUT2D eigenvalue weighted by Gasteiger charge is -2.06. The minimum Gasteiger partial charge on any atom is -0.326 e. The van der Waals surface area contributed by atoms with Crippen molar-refractivity contribution in [2.24, 2.45) is 0 Å². The minimum absolute atomic E-state index is 0.0791. The Balaban J connectivity index is 1.92. The fourth-order valence-electron chi connectivity index (χ4n) is 1.91. The second-order valence-electron chi connectivity index (χ2n) is 4.08. The molecule has 0 spiro atoms. The maximum absolute atomic E-state index is 11.8. The van der Waals surface area contributed by atoms with Crippen LogP contribution in [0.4, 0.5) is 11.6 Å². The Hall–Kier alpha value is -1.66. The van der Waals surface area contributed by atoms with E-state index in [2.05, 4.69) is 36.5 Å². The maximum atomic E-state index is 11.8. The van der Waals surface area contributed by atoms with Crippen LogP contribution < -0.4 is 16.2 Å². The topological polar surface area (TPSA) is 69.8 Å². The molecule has 1 aliphatic heterocycles. The van der Waals surface area contributed by atoms with Gasteiger partial charge in [-0.2, -0.15) is 0 Å². The highest BCUT2D eigenvalue weighted by Gasteiger charge is 2.16. The largest absolute Gasteiger partial charge is 0.326 e. The normalized spacial score (nSPS) is 13.4. The lowest BCUT2D eigenvalue weighted by molar-refractivity contribution is 0.757. The first kappa shape index (κ1) is 11.4. The van der Waals surface area contributed by atoms with Gasteiger partial charge in [0, 0.05) is 23.2 Å². The van der Waals surface area contributed by atoms with E-state index in [-0.39, 0.29) is 5.56 Å². The number of nitrogens with one attached hydrogen (secondary N) is 3. The molecule has 0 unspecified atom stereocenters. The highest BCUT2D eigenvalue weighted by Crippen LogP contribution is 2.17. The van der Waals surface area contributed by atoms with Crippen LogP contribution in [0.3, 0.4) is 0 Å². The Morgan fingerprint density at radius 3 is 2.78 bits per heavy atom. The molecule has 0 aliphatic carbocycles. The summed E-state index contributed by atoms with van der Waals surface area (Å²) < 4.78 is 1.01. The fourth-order valence-corrected chi connectivity index (χ4v) is 2.17. The zero-order valence-corrected chi connectivity index (χ0v) is 11.0. The van der Waals surface area contributed by atoms with E-state index < -0.39 is 0 Å². The third kappa shape index (κ3) is 2.16. The summed E-state index contributed by atoms with van der Waals surface area (Å²) in [6.07, 6.45) is 0. The fraction of sp³-hybridized carbons (Fsp3) is 0.167. The van der Waals surface area contributed by atoms with E-state index in [9.17, 15) is 4.79 Å². The van der Waals surface area contributed by atoms with Crippen LogP contribution in [0.5, 0.6) is 0 Å². The number of rotatable bonds is 2. The zero-order valence-electron chi connectivity index (χ0n) is 9.46. The molecule has 0 fully saturated rings. The average Bonchev–Trinajstić information content (AvgIpc) is 2.81. The number of H-pyrrole nitrogens is 1. The van der Waals surface area contributed by atoms with Gasteiger partial charge < -0.3 is 10.6 Å². The lowest BCUT2D eigenvalue weighted by Crippen LogP contribution is -2.16. The monoisotopic (exact) mass is 306 g/mol. The molecule has 1 aliphatic rings. The third-order valence-electron chi connectivity index (χ3n) is 2.80. The predicted molar refractivity (Wildman–Crippen MR) is 72.8 cm³/mol. The number of hydrogen-bond donors (Lipinski definition) is 3. The molecule has 3 rings (SSSR count). The van der Waals surface area contributed by atoms with Crippen molar-refractivity contribution in [3.8, 4) is 0 Å². The first-order valence-electron chi connectivity index (χ1n) is 5.58. The summed E-state index contributed by atoms with van der Waals surface area (Å²) in [4.78, 5) is 18.9. The van der Waals surface area contributed by atoms with Crippen molar-refractivity contribution < 1.29 is 0 Å². The van der Waals surface area contributed by atoms with Crippen LogP contribution >= 0.6 is 15.9 Å². The maximum Gasteiger partial charge on any atom is 0.257 e. The summed E-state index contributed by atoms with van der Waals surface area (Å²) in [6, 6.07) is 7.68. The standard InChI is InChI=1S/C12H11BrN4O/c13-7-1-3-8(4-2-7)15-12-16-10-6-14-5-9(10)11(18)17-12/h1-4,14H,5-6H2,(H2,15,16,17,18). The molecule has 18 heavy (non-hydrogen) atoms. The van der Waals surface area contributed by atoms with E-state index in [0.717, 1.165) is 21.4 Å². The molecule has 0 saturated heterocycles. The summed E-state index contributed by atoms with van der Waals surface area (Å²) >= 11 is 3.37. The average molecular weight is 307 g/mol. The number of fused-ring (bicyclic) bond motifs is 1.